The van der Waals surface area contributed by atoms with Crippen LogP contribution in [0, 0.1) is 17.0 Å². The zero-order chi connectivity index (χ0) is 18.4. The SMILES string of the molecule is Cc1ccc(C(=O)NCC(=O)NC(C)c2cccnc2)cc1[N+](=O)[O-]. The van der Waals surface area contributed by atoms with E-state index in [1.165, 1.54) is 18.2 Å². The highest BCUT2D eigenvalue weighted by atomic mass is 16.6. The Kier molecular flexibility index (Phi) is 5.78. The van der Waals surface area contributed by atoms with Gasteiger partial charge in [0.15, 0.2) is 0 Å². The van der Waals surface area contributed by atoms with E-state index in [4.69, 9.17) is 0 Å². The van der Waals surface area contributed by atoms with Crippen molar-refractivity contribution in [1.29, 1.82) is 0 Å². The van der Waals surface area contributed by atoms with Crippen LogP contribution in [0.25, 0.3) is 0 Å². The van der Waals surface area contributed by atoms with Crippen LogP contribution in [-0.2, 0) is 4.79 Å². The first-order chi connectivity index (χ1) is 11.9. The molecule has 1 atom stereocenters. The van der Waals surface area contributed by atoms with Crippen LogP contribution in [0.15, 0.2) is 42.7 Å². The molecule has 0 radical (unpaired) electrons. The third-order valence-electron chi connectivity index (χ3n) is 3.64. The topological polar surface area (TPSA) is 114 Å². The van der Waals surface area contributed by atoms with Gasteiger partial charge in [-0.15, -0.1) is 0 Å². The van der Waals surface area contributed by atoms with Crippen molar-refractivity contribution in [3.8, 4) is 0 Å². The summed E-state index contributed by atoms with van der Waals surface area (Å²) in [6, 6.07) is 7.52. The molecule has 2 amide bonds. The van der Waals surface area contributed by atoms with Gasteiger partial charge in [-0.1, -0.05) is 12.1 Å². The molecule has 0 saturated heterocycles. The number of nitro groups is 1. The molecule has 130 valence electrons. The average molecular weight is 342 g/mol. The van der Waals surface area contributed by atoms with Crippen molar-refractivity contribution in [3.63, 3.8) is 0 Å². The van der Waals surface area contributed by atoms with E-state index in [1.807, 2.05) is 6.07 Å². The van der Waals surface area contributed by atoms with Crippen LogP contribution >= 0.6 is 0 Å². The van der Waals surface area contributed by atoms with E-state index in [0.29, 0.717) is 5.56 Å². The van der Waals surface area contributed by atoms with Gasteiger partial charge in [-0.2, -0.15) is 0 Å². The minimum atomic E-state index is -0.549. The maximum absolute atomic E-state index is 12.1. The average Bonchev–Trinajstić information content (AvgIpc) is 2.60. The Hall–Kier alpha value is -3.29. The van der Waals surface area contributed by atoms with Crippen LogP contribution in [-0.4, -0.2) is 28.3 Å². The van der Waals surface area contributed by atoms with Gasteiger partial charge in [-0.05, 0) is 31.5 Å². The van der Waals surface area contributed by atoms with E-state index >= 15 is 0 Å². The number of nitro benzene ring substituents is 1. The maximum atomic E-state index is 12.1. The summed E-state index contributed by atoms with van der Waals surface area (Å²) in [5.41, 5.74) is 1.30. The Morgan fingerprint density at radius 3 is 2.72 bits per heavy atom. The quantitative estimate of drug-likeness (QED) is 0.615. The van der Waals surface area contributed by atoms with E-state index in [0.717, 1.165) is 5.56 Å². The number of pyridine rings is 1. The molecular weight excluding hydrogens is 324 g/mol. The Balaban J connectivity index is 1.92. The second kappa shape index (κ2) is 8.00. The second-order valence-corrected chi connectivity index (χ2v) is 5.52. The van der Waals surface area contributed by atoms with Crippen LogP contribution in [0.2, 0.25) is 0 Å². The molecule has 0 bridgehead atoms. The van der Waals surface area contributed by atoms with Crippen molar-refractivity contribution in [2.24, 2.45) is 0 Å². The summed E-state index contributed by atoms with van der Waals surface area (Å²) in [7, 11) is 0. The van der Waals surface area contributed by atoms with E-state index in [1.54, 1.807) is 32.3 Å². The van der Waals surface area contributed by atoms with E-state index in [2.05, 4.69) is 15.6 Å². The Labute approximate surface area is 144 Å². The molecule has 8 nitrogen and oxygen atoms in total. The Morgan fingerprint density at radius 1 is 1.32 bits per heavy atom. The van der Waals surface area contributed by atoms with E-state index in [-0.39, 0.29) is 29.7 Å². The third kappa shape index (κ3) is 4.84. The fourth-order valence-corrected chi connectivity index (χ4v) is 2.22. The molecule has 0 aliphatic heterocycles. The molecule has 0 aliphatic rings. The first-order valence-electron chi connectivity index (χ1n) is 7.61. The van der Waals surface area contributed by atoms with Crippen LogP contribution < -0.4 is 10.6 Å². The zero-order valence-electron chi connectivity index (χ0n) is 13.9. The Morgan fingerprint density at radius 2 is 2.08 bits per heavy atom. The number of amides is 2. The molecule has 25 heavy (non-hydrogen) atoms. The van der Waals surface area contributed by atoms with Crippen LogP contribution in [0.4, 0.5) is 5.69 Å². The molecular formula is C17H18N4O4. The number of aromatic nitrogens is 1. The van der Waals surface area contributed by atoms with Crippen LogP contribution in [0.5, 0.6) is 0 Å². The van der Waals surface area contributed by atoms with Crippen molar-refractivity contribution in [1.82, 2.24) is 15.6 Å². The summed E-state index contributed by atoms with van der Waals surface area (Å²) in [6.07, 6.45) is 3.29. The first-order valence-corrected chi connectivity index (χ1v) is 7.61. The van der Waals surface area contributed by atoms with Gasteiger partial charge in [-0.25, -0.2) is 0 Å². The van der Waals surface area contributed by atoms with Crippen LogP contribution in [0.1, 0.15) is 34.5 Å². The van der Waals surface area contributed by atoms with Crippen LogP contribution in [0.3, 0.4) is 0 Å². The van der Waals surface area contributed by atoms with Crippen molar-refractivity contribution < 1.29 is 14.5 Å². The fraction of sp³-hybridized carbons (Fsp3) is 0.235. The van der Waals surface area contributed by atoms with Crippen molar-refractivity contribution >= 4 is 17.5 Å². The lowest BCUT2D eigenvalue weighted by Gasteiger charge is -2.14. The number of hydrogen-bond donors (Lipinski definition) is 2. The first kappa shape index (κ1) is 18.1. The predicted octanol–water partition coefficient (Wildman–Crippen LogP) is 1.91. The highest BCUT2D eigenvalue weighted by Crippen LogP contribution is 2.19. The number of hydrogen-bond acceptors (Lipinski definition) is 5. The molecule has 0 fully saturated rings. The number of carbonyl (C=O) groups excluding carboxylic acids is 2. The van der Waals surface area contributed by atoms with Crippen molar-refractivity contribution in [2.75, 3.05) is 6.54 Å². The molecule has 0 aliphatic carbocycles. The van der Waals surface area contributed by atoms with E-state index in [9.17, 15) is 19.7 Å². The number of aryl methyl sites for hydroxylation is 1. The van der Waals surface area contributed by atoms with Gasteiger partial charge in [0.25, 0.3) is 11.6 Å². The summed E-state index contributed by atoms with van der Waals surface area (Å²) in [5.74, 6) is -0.918. The zero-order valence-corrected chi connectivity index (χ0v) is 13.9. The normalized spacial score (nSPS) is 11.4. The van der Waals surface area contributed by atoms with Crippen molar-refractivity contribution in [2.45, 2.75) is 19.9 Å². The maximum Gasteiger partial charge on any atom is 0.273 e. The van der Waals surface area contributed by atoms with Gasteiger partial charge in [0, 0.05) is 29.6 Å². The molecule has 1 aromatic heterocycles. The summed E-state index contributed by atoms with van der Waals surface area (Å²) in [5, 5.41) is 16.1. The smallest absolute Gasteiger partial charge is 0.273 e. The third-order valence-corrected chi connectivity index (χ3v) is 3.64. The molecule has 8 heteroatoms. The number of nitrogens with zero attached hydrogens (tertiary/aromatic N) is 2. The lowest BCUT2D eigenvalue weighted by molar-refractivity contribution is -0.385. The molecule has 1 unspecified atom stereocenters. The van der Waals surface area contributed by atoms with Gasteiger partial charge < -0.3 is 10.6 Å². The fourth-order valence-electron chi connectivity index (χ4n) is 2.22. The van der Waals surface area contributed by atoms with Gasteiger partial charge in [0.05, 0.1) is 17.5 Å². The summed E-state index contributed by atoms with van der Waals surface area (Å²) >= 11 is 0. The lowest BCUT2D eigenvalue weighted by Crippen LogP contribution is -2.38. The standard InChI is InChI=1S/C17H18N4O4/c1-11-5-6-13(8-15(11)21(24)25)17(23)19-10-16(22)20-12(2)14-4-3-7-18-9-14/h3-9,12H,10H2,1-2H3,(H,19,23)(H,20,22). The Bertz CT molecular complexity index is 792. The number of nitrogens with one attached hydrogen (secondary N) is 2. The lowest BCUT2D eigenvalue weighted by atomic mass is 10.1. The minimum Gasteiger partial charge on any atom is -0.348 e. The number of carbonyl (C=O) groups is 2. The molecule has 2 aromatic rings. The van der Waals surface area contributed by atoms with Gasteiger partial charge >= 0.3 is 0 Å². The second-order valence-electron chi connectivity index (χ2n) is 5.52. The van der Waals surface area contributed by atoms with Gasteiger partial charge in [0.2, 0.25) is 5.91 Å². The molecule has 2 rings (SSSR count). The van der Waals surface area contributed by atoms with E-state index < -0.39 is 10.8 Å². The highest BCUT2D eigenvalue weighted by molar-refractivity contribution is 5.97. The predicted molar refractivity (Wildman–Crippen MR) is 91.0 cm³/mol. The van der Waals surface area contributed by atoms with Gasteiger partial charge in [0.1, 0.15) is 0 Å². The molecule has 0 saturated carbocycles. The summed E-state index contributed by atoms with van der Waals surface area (Å²) < 4.78 is 0. The van der Waals surface area contributed by atoms with Gasteiger partial charge in [-0.3, -0.25) is 24.7 Å². The largest absolute Gasteiger partial charge is 0.348 e. The summed E-state index contributed by atoms with van der Waals surface area (Å²) in [4.78, 5) is 38.4. The number of rotatable bonds is 6. The molecule has 0 spiro atoms. The molecule has 1 heterocycles. The minimum absolute atomic E-state index is 0.130. The summed E-state index contributed by atoms with van der Waals surface area (Å²) in [6.45, 7) is 3.16. The monoisotopic (exact) mass is 342 g/mol. The molecule has 2 N–H and O–H groups in total. The highest BCUT2D eigenvalue weighted by Gasteiger charge is 2.16. The van der Waals surface area contributed by atoms with Crippen molar-refractivity contribution in [3.05, 3.63) is 69.5 Å². The number of benzene rings is 1. The molecule has 1 aromatic carbocycles.